The average molecular weight is 801 g/mol. The van der Waals surface area contributed by atoms with Crippen LogP contribution >= 0.6 is 46.7 Å². The third kappa shape index (κ3) is 7.67. The first kappa shape index (κ1) is 37.6. The van der Waals surface area contributed by atoms with E-state index in [0.29, 0.717) is 42.4 Å². The molecule has 0 unspecified atom stereocenters. The van der Waals surface area contributed by atoms with Crippen molar-refractivity contribution in [1.29, 1.82) is 0 Å². The van der Waals surface area contributed by atoms with Gasteiger partial charge in [-0.05, 0) is 36.8 Å². The number of carboxylic acid groups (broad SMARTS) is 3. The predicted molar refractivity (Wildman–Crippen MR) is 184 cm³/mol. The number of carbonyl (C=O) groups excluding carboxylic acids is 1. The van der Waals surface area contributed by atoms with Gasteiger partial charge in [0, 0.05) is 24.2 Å². The van der Waals surface area contributed by atoms with E-state index in [1.807, 2.05) is 0 Å². The lowest BCUT2D eigenvalue weighted by atomic mass is 10.3. The molecule has 5 rings (SSSR count). The Morgan fingerprint density at radius 3 is 2.14 bits per heavy atom. The number of anilines is 1. The summed E-state index contributed by atoms with van der Waals surface area (Å²) in [5.41, 5.74) is -2.03. The minimum atomic E-state index is -4.57. The first-order valence-electron chi connectivity index (χ1n) is 14.2. The minimum Gasteiger partial charge on any atom is -0.748 e. The molecule has 23 heteroatoms. The number of nitrogens with zero attached hydrogens (tertiary/aromatic N) is 5. The number of amides is 1. The van der Waals surface area contributed by atoms with Gasteiger partial charge < -0.3 is 24.8 Å². The van der Waals surface area contributed by atoms with E-state index in [9.17, 15) is 57.1 Å². The number of fused-ring (bicyclic) bond motifs is 1. The summed E-state index contributed by atoms with van der Waals surface area (Å²) in [5.74, 6) is -7.03. The zero-order valence-electron chi connectivity index (χ0n) is 25.8. The fourth-order valence-corrected chi connectivity index (χ4v) is 9.32. The maximum Gasteiger partial charge on any atom is 0.323 e. The number of benzene rings is 1. The fourth-order valence-electron chi connectivity index (χ4n) is 5.11. The van der Waals surface area contributed by atoms with Crippen LogP contribution in [0.5, 0.6) is 0 Å². The molecule has 2 aromatic heterocycles. The molecule has 51 heavy (non-hydrogen) atoms. The van der Waals surface area contributed by atoms with Crippen molar-refractivity contribution in [2.75, 3.05) is 30.8 Å². The van der Waals surface area contributed by atoms with Crippen LogP contribution in [-0.2, 0) is 42.4 Å². The van der Waals surface area contributed by atoms with E-state index in [0.717, 1.165) is 27.6 Å². The Morgan fingerprint density at radius 2 is 1.53 bits per heavy atom. The standard InChI is InChI=1S/C28H24FN5O12S5/c1-30-23(42)20(32(28(30)47)10-17(35)36)26-34(12-19(39)40)24(43)21(50-26)27-33(11-18(37)38)22(41)16(49-27)9-13(29)25-31(7-4-8-51(44,45)46)14-5-2-3-6-15(14)48-25/h2-3,5-6,9H,4,7-8,10-12H2,1H3,(H,35,36)(H,37,38)(H,39,40)(H,44,45,46)/p-1/b16-9+,25-13-,26-20+,27-21+. The Kier molecular flexibility index (Phi) is 10.7. The molecule has 0 atom stereocenters. The molecule has 0 saturated carbocycles. The highest BCUT2D eigenvalue weighted by Gasteiger charge is 2.39. The number of thiazole rings is 2. The van der Waals surface area contributed by atoms with Gasteiger partial charge in [0.15, 0.2) is 10.9 Å². The van der Waals surface area contributed by atoms with Crippen LogP contribution < -0.4 is 25.2 Å². The number of rotatable bonds is 11. The first-order valence-corrected chi connectivity index (χ1v) is 18.7. The quantitative estimate of drug-likeness (QED) is 0.161. The Labute approximate surface area is 302 Å². The van der Waals surface area contributed by atoms with Gasteiger partial charge in [0.1, 0.15) is 44.2 Å². The molecule has 0 spiro atoms. The molecule has 1 aromatic carbocycles. The summed E-state index contributed by atoms with van der Waals surface area (Å²) >= 11 is 7.14. The molecule has 0 radical (unpaired) electrons. The Balaban J connectivity index is 1.81. The number of halogens is 1. The predicted octanol–water partition coefficient (Wildman–Crippen LogP) is -0.692. The van der Waals surface area contributed by atoms with Crippen LogP contribution in [0.4, 0.5) is 10.1 Å². The van der Waals surface area contributed by atoms with Crippen LogP contribution in [0.25, 0.3) is 11.8 Å². The molecule has 2 aliphatic heterocycles. The number of likely N-dealkylation sites (N-methyl/N-ethyl adjacent to an activating group) is 1. The van der Waals surface area contributed by atoms with Crippen LogP contribution in [0.3, 0.4) is 0 Å². The van der Waals surface area contributed by atoms with Crippen LogP contribution in [0.2, 0.25) is 0 Å². The third-order valence-corrected chi connectivity index (χ3v) is 12.1. The second kappa shape index (κ2) is 14.5. The molecule has 3 N–H and O–H groups in total. The summed E-state index contributed by atoms with van der Waals surface area (Å²) in [6.45, 7) is -2.95. The summed E-state index contributed by atoms with van der Waals surface area (Å²) in [5, 5.41) is 28.4. The Bertz CT molecular complexity index is 2520. The molecular weight excluding hydrogens is 778 g/mol. The van der Waals surface area contributed by atoms with Crippen molar-refractivity contribution in [1.82, 2.24) is 18.9 Å². The molecule has 3 aromatic rings. The van der Waals surface area contributed by atoms with Crippen molar-refractivity contribution in [3.8, 4) is 0 Å². The van der Waals surface area contributed by atoms with E-state index >= 15 is 4.39 Å². The highest BCUT2D eigenvalue weighted by atomic mass is 32.2. The van der Waals surface area contributed by atoms with Gasteiger partial charge in [-0.1, -0.05) is 23.9 Å². The Hall–Kier alpha value is -4.68. The smallest absolute Gasteiger partial charge is 0.323 e. The maximum absolute atomic E-state index is 16.1. The number of aromatic nitrogens is 2. The van der Waals surface area contributed by atoms with Gasteiger partial charge in [0.05, 0.1) is 20.3 Å². The van der Waals surface area contributed by atoms with Gasteiger partial charge in [-0.3, -0.25) is 47.7 Å². The largest absolute Gasteiger partial charge is 0.748 e. The van der Waals surface area contributed by atoms with Crippen molar-refractivity contribution in [2.45, 2.75) is 24.4 Å². The minimum absolute atomic E-state index is 0.0596. The molecule has 17 nitrogen and oxygen atoms in total. The van der Waals surface area contributed by atoms with Crippen LogP contribution in [0.15, 0.2) is 49.6 Å². The lowest BCUT2D eigenvalue weighted by Crippen LogP contribution is -2.37. The van der Waals surface area contributed by atoms with E-state index in [-0.39, 0.29) is 37.0 Å². The molecule has 1 fully saturated rings. The Morgan fingerprint density at radius 1 is 0.922 bits per heavy atom. The second-order valence-corrected chi connectivity index (χ2v) is 15.6. The van der Waals surface area contributed by atoms with Crippen molar-refractivity contribution in [2.24, 2.45) is 0 Å². The topological polar surface area (TPSA) is 240 Å². The van der Waals surface area contributed by atoms with Crippen molar-refractivity contribution < 1.29 is 51.9 Å². The number of aliphatic carboxylic acids is 3. The number of hydrogen-bond donors (Lipinski definition) is 3. The molecule has 0 bridgehead atoms. The van der Waals surface area contributed by atoms with E-state index in [1.54, 1.807) is 24.3 Å². The SMILES string of the molecule is CN1C(=O)/C(=c2\s/c(=c3/s/c(=C/C(F)=C4/Sc5ccccc5N4CCCS(=O)(=O)[O-])c(=O)n3CC(=O)O)c(=O)n2CC(=O)O)N(CC(=O)O)C1=S. The van der Waals surface area contributed by atoms with E-state index in [2.05, 4.69) is 0 Å². The van der Waals surface area contributed by atoms with Crippen molar-refractivity contribution in [3.63, 3.8) is 0 Å². The molecule has 2 aliphatic rings. The van der Waals surface area contributed by atoms with Gasteiger partial charge in [0.2, 0.25) is 0 Å². The van der Waals surface area contributed by atoms with Gasteiger partial charge >= 0.3 is 17.9 Å². The van der Waals surface area contributed by atoms with Crippen LogP contribution in [0, 0.1) is 9.20 Å². The second-order valence-electron chi connectivity index (χ2n) is 10.7. The fraction of sp³-hybridized carbons (Fsp3) is 0.250. The van der Waals surface area contributed by atoms with E-state index in [4.69, 9.17) is 12.2 Å². The molecule has 1 amide bonds. The zero-order valence-corrected chi connectivity index (χ0v) is 29.9. The summed E-state index contributed by atoms with van der Waals surface area (Å²) < 4.78 is 49.6. The third-order valence-electron chi connectivity index (χ3n) is 7.21. The van der Waals surface area contributed by atoms with Crippen LogP contribution in [0.1, 0.15) is 6.42 Å². The number of allylic oxidation sites excluding steroid dienone is 1. The number of thioether (sulfide) groups is 1. The summed E-state index contributed by atoms with van der Waals surface area (Å²) in [4.78, 5) is 79.7. The monoisotopic (exact) mass is 800 g/mol. The number of carboxylic acids is 3. The van der Waals surface area contributed by atoms with Gasteiger partial charge in [-0.15, -0.1) is 22.7 Å². The number of hydrogen-bond acceptors (Lipinski definition) is 14. The van der Waals surface area contributed by atoms with E-state index in [1.165, 1.54) is 11.9 Å². The van der Waals surface area contributed by atoms with Crippen molar-refractivity contribution in [3.05, 3.63) is 74.2 Å². The van der Waals surface area contributed by atoms with Crippen LogP contribution in [-0.4, -0.2) is 102 Å². The molecule has 0 aliphatic carbocycles. The molecule has 270 valence electrons. The maximum atomic E-state index is 16.1. The molecular formula is C28H23FN5O12S5-. The number of para-hydroxylation sites is 1. The first-order chi connectivity index (χ1) is 23.9. The summed E-state index contributed by atoms with van der Waals surface area (Å²) in [6.07, 6.45) is 0.656. The average Bonchev–Trinajstić information content (AvgIpc) is 3.71. The normalized spacial score (nSPS) is 17.8. The van der Waals surface area contributed by atoms with Gasteiger partial charge in [0.25, 0.3) is 17.0 Å². The summed E-state index contributed by atoms with van der Waals surface area (Å²) in [7, 11) is -3.33. The highest BCUT2D eigenvalue weighted by Crippen LogP contribution is 2.47. The molecule has 4 heterocycles. The highest BCUT2D eigenvalue weighted by molar-refractivity contribution is 8.03. The van der Waals surface area contributed by atoms with Gasteiger partial charge in [-0.2, -0.15) is 0 Å². The van der Waals surface area contributed by atoms with Crippen molar-refractivity contribution >= 4 is 103 Å². The zero-order chi connectivity index (χ0) is 37.5. The van der Waals surface area contributed by atoms with Gasteiger partial charge in [-0.25, -0.2) is 12.8 Å². The number of thiocarbonyl (C=S) groups is 1. The molecule has 1 saturated heterocycles. The summed E-state index contributed by atoms with van der Waals surface area (Å²) in [6, 6.07) is 6.66. The lowest BCUT2D eigenvalue weighted by Gasteiger charge is -2.21. The van der Waals surface area contributed by atoms with E-state index < -0.39 is 86.5 Å². The number of carbonyl (C=O) groups is 4. The lowest BCUT2D eigenvalue weighted by molar-refractivity contribution is -0.138.